The fraction of sp³-hybridized carbons (Fsp3) is 0.143. The van der Waals surface area contributed by atoms with Crippen molar-refractivity contribution in [1.29, 1.82) is 0 Å². The van der Waals surface area contributed by atoms with E-state index >= 15 is 0 Å². The van der Waals surface area contributed by atoms with Gasteiger partial charge in [-0.15, -0.1) is 0 Å². The second-order valence-electron chi connectivity index (χ2n) is 6.20. The van der Waals surface area contributed by atoms with Crippen molar-refractivity contribution < 1.29 is 14.0 Å². The van der Waals surface area contributed by atoms with E-state index in [0.717, 1.165) is 11.3 Å². The summed E-state index contributed by atoms with van der Waals surface area (Å²) in [4.78, 5) is 24.3. The van der Waals surface area contributed by atoms with Gasteiger partial charge < -0.3 is 20.4 Å². The number of anilines is 2. The number of halogens is 1. The largest absolute Gasteiger partial charge is 0.467 e. The highest BCUT2D eigenvalue weighted by atomic mass is 35.5. The van der Waals surface area contributed by atoms with Gasteiger partial charge in [0, 0.05) is 22.0 Å². The molecule has 144 valence electrons. The fourth-order valence-electron chi connectivity index (χ4n) is 2.53. The number of benzene rings is 2. The standard InChI is InChI=1S/C21H20ClN3O3/c1-14-4-7-16(22)11-19(14)25-20(26)13-23-17-8-5-15(6-9-17)21(27)24-12-18-3-2-10-28-18/h2-11,23H,12-13H2,1H3,(H,24,27)(H,25,26). The highest BCUT2D eigenvalue weighted by Crippen LogP contribution is 2.20. The van der Waals surface area contributed by atoms with E-state index in [-0.39, 0.29) is 18.4 Å². The summed E-state index contributed by atoms with van der Waals surface area (Å²) in [7, 11) is 0. The summed E-state index contributed by atoms with van der Waals surface area (Å²) in [6, 6.07) is 15.8. The predicted molar refractivity (Wildman–Crippen MR) is 110 cm³/mol. The van der Waals surface area contributed by atoms with E-state index in [1.165, 1.54) is 0 Å². The Labute approximate surface area is 167 Å². The zero-order valence-corrected chi connectivity index (χ0v) is 16.0. The number of amides is 2. The van der Waals surface area contributed by atoms with Gasteiger partial charge in [0.1, 0.15) is 5.76 Å². The molecule has 0 unspecified atom stereocenters. The monoisotopic (exact) mass is 397 g/mol. The van der Waals surface area contributed by atoms with Crippen molar-refractivity contribution in [3.05, 3.63) is 82.8 Å². The van der Waals surface area contributed by atoms with E-state index in [0.29, 0.717) is 28.6 Å². The third-order valence-corrected chi connectivity index (χ3v) is 4.31. The molecule has 1 aromatic heterocycles. The van der Waals surface area contributed by atoms with Gasteiger partial charge in [-0.1, -0.05) is 17.7 Å². The van der Waals surface area contributed by atoms with E-state index < -0.39 is 0 Å². The SMILES string of the molecule is Cc1ccc(Cl)cc1NC(=O)CNc1ccc(C(=O)NCc2ccco2)cc1. The maximum absolute atomic E-state index is 12.1. The van der Waals surface area contributed by atoms with Gasteiger partial charge in [-0.2, -0.15) is 0 Å². The van der Waals surface area contributed by atoms with Crippen LogP contribution in [0.1, 0.15) is 21.7 Å². The van der Waals surface area contributed by atoms with Gasteiger partial charge in [-0.05, 0) is 61.0 Å². The van der Waals surface area contributed by atoms with E-state index in [2.05, 4.69) is 16.0 Å². The molecule has 6 nitrogen and oxygen atoms in total. The molecule has 3 aromatic rings. The lowest BCUT2D eigenvalue weighted by Crippen LogP contribution is -2.23. The van der Waals surface area contributed by atoms with Crippen LogP contribution in [0.2, 0.25) is 5.02 Å². The molecule has 0 aliphatic heterocycles. The average Bonchev–Trinajstić information content (AvgIpc) is 3.21. The molecule has 0 bridgehead atoms. The van der Waals surface area contributed by atoms with Crippen molar-refractivity contribution in [3.8, 4) is 0 Å². The second-order valence-corrected chi connectivity index (χ2v) is 6.64. The zero-order valence-electron chi connectivity index (χ0n) is 15.3. The predicted octanol–water partition coefficient (Wildman–Crippen LogP) is 4.22. The van der Waals surface area contributed by atoms with Crippen LogP contribution >= 0.6 is 11.6 Å². The van der Waals surface area contributed by atoms with Crippen molar-refractivity contribution in [2.75, 3.05) is 17.2 Å². The van der Waals surface area contributed by atoms with Crippen molar-refractivity contribution in [2.24, 2.45) is 0 Å². The van der Waals surface area contributed by atoms with Gasteiger partial charge in [0.05, 0.1) is 19.4 Å². The minimum absolute atomic E-state index is 0.0932. The summed E-state index contributed by atoms with van der Waals surface area (Å²) < 4.78 is 5.18. The minimum atomic E-state index is -0.197. The average molecular weight is 398 g/mol. The molecular formula is C21H20ClN3O3. The molecule has 0 aliphatic carbocycles. The summed E-state index contributed by atoms with van der Waals surface area (Å²) in [6.07, 6.45) is 1.56. The summed E-state index contributed by atoms with van der Waals surface area (Å²) in [5.41, 5.74) is 2.88. The van der Waals surface area contributed by atoms with Crippen LogP contribution in [-0.4, -0.2) is 18.4 Å². The van der Waals surface area contributed by atoms with Crippen LogP contribution in [0.25, 0.3) is 0 Å². The van der Waals surface area contributed by atoms with E-state index in [4.69, 9.17) is 16.0 Å². The molecule has 3 N–H and O–H groups in total. The number of hydrogen-bond acceptors (Lipinski definition) is 4. The first-order valence-corrected chi connectivity index (χ1v) is 9.09. The van der Waals surface area contributed by atoms with Gasteiger partial charge in [-0.3, -0.25) is 9.59 Å². The number of rotatable bonds is 7. The quantitative estimate of drug-likeness (QED) is 0.557. The van der Waals surface area contributed by atoms with Crippen LogP contribution < -0.4 is 16.0 Å². The molecule has 1 heterocycles. The molecule has 0 spiro atoms. The van der Waals surface area contributed by atoms with Crippen LogP contribution in [0.5, 0.6) is 0 Å². The number of carbonyl (C=O) groups excluding carboxylic acids is 2. The summed E-state index contributed by atoms with van der Waals surface area (Å²) in [5, 5.41) is 9.19. The maximum atomic E-state index is 12.1. The lowest BCUT2D eigenvalue weighted by atomic mass is 10.2. The molecule has 0 radical (unpaired) electrons. The van der Waals surface area contributed by atoms with E-state index in [1.54, 1.807) is 54.8 Å². The number of carbonyl (C=O) groups is 2. The van der Waals surface area contributed by atoms with Gasteiger partial charge in [0.2, 0.25) is 5.91 Å². The molecule has 7 heteroatoms. The third-order valence-electron chi connectivity index (χ3n) is 4.08. The van der Waals surface area contributed by atoms with Crippen molar-refractivity contribution in [2.45, 2.75) is 13.5 Å². The Morgan fingerprint density at radius 3 is 2.57 bits per heavy atom. The normalized spacial score (nSPS) is 10.4. The van der Waals surface area contributed by atoms with E-state index in [1.807, 2.05) is 13.0 Å². The molecule has 0 saturated heterocycles. The first-order chi connectivity index (χ1) is 13.5. The summed E-state index contributed by atoms with van der Waals surface area (Å²) in [6.45, 7) is 2.32. The molecule has 3 rings (SSSR count). The van der Waals surface area contributed by atoms with Crippen LogP contribution in [0.4, 0.5) is 11.4 Å². The Balaban J connectivity index is 1.49. The number of aryl methyl sites for hydroxylation is 1. The molecule has 0 fully saturated rings. The van der Waals surface area contributed by atoms with Gasteiger partial charge in [-0.25, -0.2) is 0 Å². The Morgan fingerprint density at radius 1 is 1.07 bits per heavy atom. The van der Waals surface area contributed by atoms with Crippen LogP contribution in [0.15, 0.2) is 65.3 Å². The zero-order chi connectivity index (χ0) is 19.9. The van der Waals surface area contributed by atoms with Crippen LogP contribution in [-0.2, 0) is 11.3 Å². The molecule has 28 heavy (non-hydrogen) atoms. The number of hydrogen-bond donors (Lipinski definition) is 3. The summed E-state index contributed by atoms with van der Waals surface area (Å²) >= 11 is 5.96. The fourth-order valence-corrected chi connectivity index (χ4v) is 2.70. The Morgan fingerprint density at radius 2 is 1.86 bits per heavy atom. The smallest absolute Gasteiger partial charge is 0.251 e. The van der Waals surface area contributed by atoms with Gasteiger partial charge >= 0.3 is 0 Å². The molecule has 0 saturated carbocycles. The molecule has 0 aliphatic rings. The molecular weight excluding hydrogens is 378 g/mol. The van der Waals surface area contributed by atoms with Crippen molar-refractivity contribution in [3.63, 3.8) is 0 Å². The van der Waals surface area contributed by atoms with Gasteiger partial charge in [0.25, 0.3) is 5.91 Å². The first kappa shape index (κ1) is 19.5. The minimum Gasteiger partial charge on any atom is -0.467 e. The first-order valence-electron chi connectivity index (χ1n) is 8.72. The highest BCUT2D eigenvalue weighted by molar-refractivity contribution is 6.31. The molecule has 2 aromatic carbocycles. The second kappa shape index (κ2) is 9.10. The van der Waals surface area contributed by atoms with Crippen LogP contribution in [0.3, 0.4) is 0 Å². The molecule has 0 atom stereocenters. The van der Waals surface area contributed by atoms with Crippen molar-refractivity contribution in [1.82, 2.24) is 5.32 Å². The number of nitrogens with one attached hydrogen (secondary N) is 3. The Kier molecular flexibility index (Phi) is 6.34. The van der Waals surface area contributed by atoms with Gasteiger partial charge in [0.15, 0.2) is 0 Å². The third kappa shape index (κ3) is 5.37. The lowest BCUT2D eigenvalue weighted by Gasteiger charge is -2.11. The Hall–Kier alpha value is -3.25. The lowest BCUT2D eigenvalue weighted by molar-refractivity contribution is -0.114. The van der Waals surface area contributed by atoms with E-state index in [9.17, 15) is 9.59 Å². The summed E-state index contributed by atoms with van der Waals surface area (Å²) in [5.74, 6) is 0.301. The highest BCUT2D eigenvalue weighted by Gasteiger charge is 2.08. The van der Waals surface area contributed by atoms with Crippen LogP contribution in [0, 0.1) is 6.92 Å². The topological polar surface area (TPSA) is 83.4 Å². The maximum Gasteiger partial charge on any atom is 0.251 e. The molecule has 2 amide bonds. The Bertz CT molecular complexity index is 954. The van der Waals surface area contributed by atoms with Crippen molar-refractivity contribution >= 4 is 34.8 Å². The number of furan rings is 1.